The van der Waals surface area contributed by atoms with Crippen LogP contribution in [-0.4, -0.2) is 24.4 Å². The number of phenolic OH excluding ortho intramolecular Hbond substituents is 2. The smallest absolute Gasteiger partial charge is 0.207 e. The van der Waals surface area contributed by atoms with Gasteiger partial charge in [0.2, 0.25) is 11.5 Å². The monoisotopic (exact) mass is 324 g/mol. The first-order valence-electron chi connectivity index (χ1n) is 8.48. The second-order valence-electron chi connectivity index (χ2n) is 6.84. The number of benzene rings is 1. The number of hydrogen-bond acceptors (Lipinski definition) is 4. The third-order valence-corrected chi connectivity index (χ3v) is 4.50. The summed E-state index contributed by atoms with van der Waals surface area (Å²) >= 11 is 0. The predicted molar refractivity (Wildman–Crippen MR) is 93.8 cm³/mol. The van der Waals surface area contributed by atoms with Gasteiger partial charge in [0.15, 0.2) is 11.5 Å². The van der Waals surface area contributed by atoms with Crippen LogP contribution in [0, 0.1) is 18.8 Å². The number of hydrogen-bond donors (Lipinski definition) is 2. The summed E-state index contributed by atoms with van der Waals surface area (Å²) in [5.74, 6) is 1.85. The van der Waals surface area contributed by atoms with Crippen LogP contribution >= 0.6 is 0 Å². The van der Waals surface area contributed by atoms with E-state index in [2.05, 4.69) is 20.8 Å². The van der Waals surface area contributed by atoms with E-state index >= 15 is 0 Å². The lowest BCUT2D eigenvalue weighted by molar-refractivity contribution is 0.313. The maximum Gasteiger partial charge on any atom is 0.207 e. The molecule has 0 spiro atoms. The van der Waals surface area contributed by atoms with Crippen molar-refractivity contribution >= 4 is 0 Å². The lowest BCUT2D eigenvalue weighted by atomic mass is 9.92. The van der Waals surface area contributed by atoms with Crippen molar-refractivity contribution in [2.24, 2.45) is 11.8 Å². The lowest BCUT2D eigenvalue weighted by Crippen LogP contribution is -2.02. The molecule has 1 atom stereocenters. The average Bonchev–Trinajstić information content (AvgIpc) is 2.50. The van der Waals surface area contributed by atoms with Gasteiger partial charge in [-0.3, -0.25) is 0 Å². The van der Waals surface area contributed by atoms with Gasteiger partial charge in [-0.25, -0.2) is 0 Å². The topological polar surface area (TPSA) is 58.9 Å². The number of ether oxygens (including phenoxy) is 2. The molecule has 0 aromatic heterocycles. The molecule has 0 saturated heterocycles. The van der Waals surface area contributed by atoms with Crippen molar-refractivity contribution in [1.82, 2.24) is 0 Å². The van der Waals surface area contributed by atoms with Crippen molar-refractivity contribution < 1.29 is 19.7 Å². The Morgan fingerprint density at radius 1 is 0.870 bits per heavy atom. The van der Waals surface area contributed by atoms with E-state index in [1.54, 1.807) is 6.92 Å². The largest absolute Gasteiger partial charge is 0.504 e. The van der Waals surface area contributed by atoms with Crippen LogP contribution in [0.5, 0.6) is 23.0 Å². The van der Waals surface area contributed by atoms with Crippen molar-refractivity contribution in [3.63, 3.8) is 0 Å². The van der Waals surface area contributed by atoms with Crippen LogP contribution in [0.25, 0.3) is 0 Å². The predicted octanol–water partition coefficient (Wildman–Crippen LogP) is 4.82. The van der Waals surface area contributed by atoms with Gasteiger partial charge < -0.3 is 19.7 Å². The zero-order chi connectivity index (χ0) is 17.6. The van der Waals surface area contributed by atoms with Crippen molar-refractivity contribution in [2.75, 3.05) is 14.2 Å². The summed E-state index contributed by atoms with van der Waals surface area (Å²) in [5, 5.41) is 20.7. The Labute approximate surface area is 140 Å². The van der Waals surface area contributed by atoms with Crippen molar-refractivity contribution in [2.45, 2.75) is 59.8 Å². The minimum absolute atomic E-state index is 0.0459. The zero-order valence-corrected chi connectivity index (χ0v) is 15.4. The van der Waals surface area contributed by atoms with Gasteiger partial charge >= 0.3 is 0 Å². The van der Waals surface area contributed by atoms with Gasteiger partial charge in [-0.15, -0.1) is 0 Å². The average molecular weight is 324 g/mol. The fourth-order valence-corrected chi connectivity index (χ4v) is 2.94. The van der Waals surface area contributed by atoms with Gasteiger partial charge in [0.1, 0.15) is 0 Å². The number of methoxy groups -OCH3 is 2. The van der Waals surface area contributed by atoms with Crippen molar-refractivity contribution in [3.8, 4) is 23.0 Å². The van der Waals surface area contributed by atoms with Gasteiger partial charge in [-0.2, -0.15) is 0 Å². The molecule has 2 N–H and O–H groups in total. The Kier molecular flexibility index (Phi) is 7.53. The van der Waals surface area contributed by atoms with E-state index in [1.807, 2.05) is 0 Å². The normalized spacial score (nSPS) is 12.5. The van der Waals surface area contributed by atoms with E-state index < -0.39 is 0 Å². The molecule has 4 heteroatoms. The molecule has 4 nitrogen and oxygen atoms in total. The van der Waals surface area contributed by atoms with Gasteiger partial charge in [0.25, 0.3) is 0 Å². The lowest BCUT2D eigenvalue weighted by Gasteiger charge is -2.19. The molecule has 23 heavy (non-hydrogen) atoms. The summed E-state index contributed by atoms with van der Waals surface area (Å²) in [6.07, 6.45) is 5.37. The first-order valence-corrected chi connectivity index (χ1v) is 8.48. The standard InChI is InChI=1S/C19H32O4/c1-12(2)8-7-9-13(3)10-11-15-14(4)16(20)18(22-5)19(23-6)17(15)21/h12-13,20-21H,7-11H2,1-6H3. The Morgan fingerprint density at radius 2 is 1.43 bits per heavy atom. The van der Waals surface area contributed by atoms with Gasteiger partial charge in [-0.1, -0.05) is 40.0 Å². The fraction of sp³-hybridized carbons (Fsp3) is 0.684. The molecule has 0 saturated carbocycles. The van der Waals surface area contributed by atoms with E-state index in [0.29, 0.717) is 17.9 Å². The molecule has 0 fully saturated rings. The van der Waals surface area contributed by atoms with E-state index in [4.69, 9.17) is 9.47 Å². The van der Waals surface area contributed by atoms with Crippen LogP contribution in [-0.2, 0) is 6.42 Å². The quantitative estimate of drug-likeness (QED) is 0.639. The number of phenols is 2. The van der Waals surface area contributed by atoms with Crippen LogP contribution < -0.4 is 9.47 Å². The summed E-state index contributed by atoms with van der Waals surface area (Å²) in [6, 6.07) is 0. The Bertz CT molecular complexity index is 509. The maximum atomic E-state index is 10.5. The van der Waals surface area contributed by atoms with E-state index in [9.17, 15) is 10.2 Å². The van der Waals surface area contributed by atoms with E-state index in [0.717, 1.165) is 17.9 Å². The van der Waals surface area contributed by atoms with Crippen LogP contribution in [0.4, 0.5) is 0 Å². The van der Waals surface area contributed by atoms with Gasteiger partial charge in [0, 0.05) is 11.1 Å². The minimum atomic E-state index is 0.0459. The molecule has 1 rings (SSSR count). The van der Waals surface area contributed by atoms with E-state index in [1.165, 1.54) is 33.5 Å². The van der Waals surface area contributed by atoms with Crippen LogP contribution in [0.2, 0.25) is 0 Å². The first-order chi connectivity index (χ1) is 10.8. The second-order valence-corrected chi connectivity index (χ2v) is 6.84. The molecule has 1 aromatic rings. The highest BCUT2D eigenvalue weighted by Gasteiger charge is 2.23. The summed E-state index contributed by atoms with van der Waals surface area (Å²) in [7, 11) is 2.91. The van der Waals surface area contributed by atoms with Crippen LogP contribution in [0.3, 0.4) is 0 Å². The Balaban J connectivity index is 2.83. The van der Waals surface area contributed by atoms with Crippen LogP contribution in [0.1, 0.15) is 57.6 Å². The number of rotatable bonds is 9. The second kappa shape index (κ2) is 8.90. The Morgan fingerprint density at radius 3 is 1.96 bits per heavy atom. The molecule has 0 bridgehead atoms. The highest BCUT2D eigenvalue weighted by molar-refractivity contribution is 5.65. The minimum Gasteiger partial charge on any atom is -0.504 e. The summed E-state index contributed by atoms with van der Waals surface area (Å²) in [5.41, 5.74) is 1.41. The molecule has 0 aliphatic rings. The molecular weight excluding hydrogens is 292 g/mol. The maximum absolute atomic E-state index is 10.5. The van der Waals surface area contributed by atoms with E-state index in [-0.39, 0.29) is 23.0 Å². The number of aromatic hydroxyl groups is 2. The Hall–Kier alpha value is -1.58. The molecule has 0 radical (unpaired) electrons. The van der Waals surface area contributed by atoms with Gasteiger partial charge in [0.05, 0.1) is 14.2 Å². The summed E-state index contributed by atoms with van der Waals surface area (Å²) in [4.78, 5) is 0. The van der Waals surface area contributed by atoms with Crippen molar-refractivity contribution in [3.05, 3.63) is 11.1 Å². The van der Waals surface area contributed by atoms with Crippen molar-refractivity contribution in [1.29, 1.82) is 0 Å². The molecule has 132 valence electrons. The molecule has 0 heterocycles. The molecule has 0 aliphatic carbocycles. The molecule has 1 unspecified atom stereocenters. The SMILES string of the molecule is COc1c(O)c(C)c(CCC(C)CCCC(C)C)c(O)c1OC. The zero-order valence-electron chi connectivity index (χ0n) is 15.4. The third kappa shape index (κ3) is 4.95. The fourth-order valence-electron chi connectivity index (χ4n) is 2.94. The molecule has 0 aliphatic heterocycles. The molecular formula is C19H32O4. The third-order valence-electron chi connectivity index (χ3n) is 4.50. The molecule has 1 aromatic carbocycles. The highest BCUT2D eigenvalue weighted by atomic mass is 16.5. The summed E-state index contributed by atoms with van der Waals surface area (Å²) in [6.45, 7) is 8.54. The van der Waals surface area contributed by atoms with Crippen LogP contribution in [0.15, 0.2) is 0 Å². The highest BCUT2D eigenvalue weighted by Crippen LogP contribution is 2.48. The first kappa shape index (κ1) is 19.5. The van der Waals surface area contributed by atoms with Gasteiger partial charge in [-0.05, 0) is 31.6 Å². The molecule has 0 amide bonds. The summed E-state index contributed by atoms with van der Waals surface area (Å²) < 4.78 is 10.4.